The molecule has 30 heavy (non-hydrogen) atoms. The van der Waals surface area contributed by atoms with Gasteiger partial charge in [0.05, 0.1) is 35.5 Å². The van der Waals surface area contributed by atoms with Crippen LogP contribution in [0.2, 0.25) is 0 Å². The molecule has 1 aliphatic rings. The summed E-state index contributed by atoms with van der Waals surface area (Å²) in [5.41, 5.74) is 3.03. The van der Waals surface area contributed by atoms with Crippen molar-refractivity contribution >= 4 is 22.6 Å². The Morgan fingerprint density at radius 1 is 1.13 bits per heavy atom. The Balaban J connectivity index is 1.58. The van der Waals surface area contributed by atoms with Crippen molar-refractivity contribution in [3.8, 4) is 11.1 Å². The van der Waals surface area contributed by atoms with Gasteiger partial charge < -0.3 is 9.88 Å². The highest BCUT2D eigenvalue weighted by Crippen LogP contribution is 2.47. The van der Waals surface area contributed by atoms with E-state index < -0.39 is 23.6 Å². The number of amides is 1. The Labute approximate surface area is 171 Å². The first kappa shape index (κ1) is 18.5. The first-order valence-corrected chi connectivity index (χ1v) is 9.72. The molecular formula is C22H19F2N5O. The van der Waals surface area contributed by atoms with Crippen LogP contribution in [0.3, 0.4) is 0 Å². The Kier molecular flexibility index (Phi) is 4.16. The molecule has 152 valence electrons. The van der Waals surface area contributed by atoms with Crippen LogP contribution >= 0.6 is 0 Å². The number of rotatable bonds is 4. The second-order valence-electron chi connectivity index (χ2n) is 7.53. The quantitative estimate of drug-likeness (QED) is 0.511. The van der Waals surface area contributed by atoms with Gasteiger partial charge in [0, 0.05) is 30.1 Å². The van der Waals surface area contributed by atoms with Gasteiger partial charge in [0.15, 0.2) is 0 Å². The molecule has 5 rings (SSSR count). The number of carbonyl (C=O) groups is 1. The predicted octanol–water partition coefficient (Wildman–Crippen LogP) is 4.36. The van der Waals surface area contributed by atoms with E-state index in [1.54, 1.807) is 48.6 Å². The van der Waals surface area contributed by atoms with E-state index in [-0.39, 0.29) is 11.5 Å². The number of hydrogen-bond acceptors (Lipinski definition) is 3. The van der Waals surface area contributed by atoms with Gasteiger partial charge in [-0.25, -0.2) is 13.8 Å². The fourth-order valence-electron chi connectivity index (χ4n) is 4.24. The van der Waals surface area contributed by atoms with Gasteiger partial charge >= 0.3 is 0 Å². The van der Waals surface area contributed by atoms with Gasteiger partial charge in [-0.1, -0.05) is 6.92 Å². The van der Waals surface area contributed by atoms with Crippen LogP contribution in [0.25, 0.3) is 22.2 Å². The molecular weight excluding hydrogens is 388 g/mol. The highest BCUT2D eigenvalue weighted by atomic mass is 19.1. The summed E-state index contributed by atoms with van der Waals surface area (Å²) < 4.78 is 31.9. The summed E-state index contributed by atoms with van der Waals surface area (Å²) in [6, 6.07) is 7.22. The molecule has 3 heterocycles. The SMILES string of the molecule is CCC1C(=O)N(c2ccc3[nH]cnc3c2)C1c1c(F)cc(-c2cnn(C)c2)cc1F. The zero-order valence-corrected chi connectivity index (χ0v) is 16.4. The lowest BCUT2D eigenvalue weighted by molar-refractivity contribution is -0.130. The number of benzene rings is 2. The topological polar surface area (TPSA) is 66.8 Å². The minimum atomic E-state index is -0.707. The number of fused-ring (bicyclic) bond motifs is 1. The highest BCUT2D eigenvalue weighted by molar-refractivity contribution is 6.04. The van der Waals surface area contributed by atoms with E-state index >= 15 is 8.78 Å². The highest BCUT2D eigenvalue weighted by Gasteiger charge is 2.50. The van der Waals surface area contributed by atoms with Crippen molar-refractivity contribution in [2.45, 2.75) is 19.4 Å². The monoisotopic (exact) mass is 407 g/mol. The van der Waals surface area contributed by atoms with Crippen LogP contribution in [0.15, 0.2) is 49.1 Å². The number of halogens is 2. The molecule has 1 saturated heterocycles. The van der Waals surface area contributed by atoms with E-state index in [9.17, 15) is 4.79 Å². The summed E-state index contributed by atoms with van der Waals surface area (Å²) in [5, 5.41) is 4.06. The van der Waals surface area contributed by atoms with Crippen molar-refractivity contribution in [1.82, 2.24) is 19.7 Å². The van der Waals surface area contributed by atoms with Crippen molar-refractivity contribution in [3.63, 3.8) is 0 Å². The summed E-state index contributed by atoms with van der Waals surface area (Å²) in [7, 11) is 1.74. The first-order valence-electron chi connectivity index (χ1n) is 9.72. The van der Waals surface area contributed by atoms with Crippen LogP contribution < -0.4 is 4.90 Å². The van der Waals surface area contributed by atoms with E-state index in [2.05, 4.69) is 15.1 Å². The number of aromatic amines is 1. The normalized spacial score (nSPS) is 18.8. The average Bonchev–Trinajstić information content (AvgIpc) is 3.35. The van der Waals surface area contributed by atoms with Crippen LogP contribution in [0.1, 0.15) is 24.9 Å². The van der Waals surface area contributed by atoms with Crippen LogP contribution in [-0.2, 0) is 11.8 Å². The molecule has 2 aromatic carbocycles. The smallest absolute Gasteiger partial charge is 0.233 e. The van der Waals surface area contributed by atoms with Gasteiger partial charge in [-0.2, -0.15) is 5.10 Å². The summed E-state index contributed by atoms with van der Waals surface area (Å²) >= 11 is 0. The molecule has 0 bridgehead atoms. The van der Waals surface area contributed by atoms with Gasteiger partial charge in [0.25, 0.3) is 0 Å². The van der Waals surface area contributed by atoms with Crippen LogP contribution in [-0.4, -0.2) is 25.7 Å². The molecule has 1 amide bonds. The predicted molar refractivity (Wildman–Crippen MR) is 109 cm³/mol. The van der Waals surface area contributed by atoms with Crippen molar-refractivity contribution in [2.24, 2.45) is 13.0 Å². The van der Waals surface area contributed by atoms with Gasteiger partial charge in [0.1, 0.15) is 11.6 Å². The fourth-order valence-corrected chi connectivity index (χ4v) is 4.24. The number of carbonyl (C=O) groups excluding carboxylic acids is 1. The number of hydrogen-bond donors (Lipinski definition) is 1. The summed E-state index contributed by atoms with van der Waals surface area (Å²) in [5.74, 6) is -1.97. The molecule has 1 N–H and O–H groups in total. The maximum absolute atomic E-state index is 15.2. The van der Waals surface area contributed by atoms with E-state index in [1.165, 1.54) is 17.0 Å². The Bertz CT molecular complexity index is 1250. The molecule has 0 radical (unpaired) electrons. The Morgan fingerprint density at radius 2 is 1.90 bits per heavy atom. The maximum atomic E-state index is 15.2. The van der Waals surface area contributed by atoms with Crippen molar-refractivity contribution in [2.75, 3.05) is 4.90 Å². The molecule has 2 atom stereocenters. The average molecular weight is 407 g/mol. The lowest BCUT2D eigenvalue weighted by Gasteiger charge is -2.47. The zero-order valence-electron chi connectivity index (χ0n) is 16.4. The third-order valence-corrected chi connectivity index (χ3v) is 5.75. The van der Waals surface area contributed by atoms with E-state index in [4.69, 9.17) is 0 Å². The molecule has 0 spiro atoms. The number of aryl methyl sites for hydroxylation is 1. The van der Waals surface area contributed by atoms with Crippen LogP contribution in [0.4, 0.5) is 14.5 Å². The number of imidazole rings is 1. The van der Waals surface area contributed by atoms with Gasteiger partial charge in [0.2, 0.25) is 5.91 Å². The number of β-lactam (4-membered cyclic amide) rings is 1. The maximum Gasteiger partial charge on any atom is 0.233 e. The van der Waals surface area contributed by atoms with E-state index in [1.807, 2.05) is 6.92 Å². The molecule has 0 aliphatic carbocycles. The lowest BCUT2D eigenvalue weighted by Crippen LogP contribution is -2.55. The van der Waals surface area contributed by atoms with Gasteiger partial charge in [-0.15, -0.1) is 0 Å². The number of nitrogens with one attached hydrogen (secondary N) is 1. The molecule has 1 fully saturated rings. The summed E-state index contributed by atoms with van der Waals surface area (Å²) in [6.45, 7) is 1.85. The fraction of sp³-hybridized carbons (Fsp3) is 0.227. The minimum absolute atomic E-state index is 0.0868. The third kappa shape index (κ3) is 2.71. The van der Waals surface area contributed by atoms with Crippen molar-refractivity contribution < 1.29 is 13.6 Å². The lowest BCUT2D eigenvalue weighted by atomic mass is 9.79. The van der Waals surface area contributed by atoms with Crippen LogP contribution in [0.5, 0.6) is 0 Å². The van der Waals surface area contributed by atoms with Crippen molar-refractivity contribution in [3.05, 3.63) is 66.3 Å². The van der Waals surface area contributed by atoms with E-state index in [0.717, 1.165) is 5.52 Å². The Hall–Kier alpha value is -3.55. The van der Waals surface area contributed by atoms with Gasteiger partial charge in [-0.05, 0) is 42.3 Å². The first-order chi connectivity index (χ1) is 14.5. The minimum Gasteiger partial charge on any atom is -0.345 e. The molecule has 8 heteroatoms. The Morgan fingerprint density at radius 3 is 2.57 bits per heavy atom. The number of H-pyrrole nitrogens is 1. The standard InChI is InChI=1S/C22H19F2N5O/c1-3-15-21(29(22(15)30)14-4-5-18-19(8-14)26-11-25-18)20-16(23)6-12(7-17(20)24)13-9-27-28(2)10-13/h4-11,15,21H,3H2,1-2H3,(H,25,26). The number of anilines is 1. The largest absolute Gasteiger partial charge is 0.345 e. The second-order valence-corrected chi connectivity index (χ2v) is 7.53. The van der Waals surface area contributed by atoms with Crippen LogP contribution in [0, 0.1) is 17.6 Å². The zero-order chi connectivity index (χ0) is 21.0. The number of aromatic nitrogens is 4. The van der Waals surface area contributed by atoms with Gasteiger partial charge in [-0.3, -0.25) is 9.48 Å². The molecule has 1 aliphatic heterocycles. The van der Waals surface area contributed by atoms with E-state index in [0.29, 0.717) is 28.8 Å². The molecule has 4 aromatic rings. The summed E-state index contributed by atoms with van der Waals surface area (Å²) in [6.07, 6.45) is 5.31. The van der Waals surface area contributed by atoms with Crippen molar-refractivity contribution in [1.29, 1.82) is 0 Å². The molecule has 2 unspecified atom stereocenters. The molecule has 2 aromatic heterocycles. The third-order valence-electron chi connectivity index (χ3n) is 5.75. The summed E-state index contributed by atoms with van der Waals surface area (Å²) in [4.78, 5) is 21.5. The second kappa shape index (κ2) is 6.76. The molecule has 6 nitrogen and oxygen atoms in total. The molecule has 0 saturated carbocycles. The number of nitrogens with zero attached hydrogens (tertiary/aromatic N) is 4.